The third-order valence-corrected chi connectivity index (χ3v) is 5.18. The van der Waals surface area contributed by atoms with Crippen molar-refractivity contribution in [3.05, 3.63) is 59.8 Å². The predicted molar refractivity (Wildman–Crippen MR) is 132 cm³/mol. The molecule has 0 aliphatic heterocycles. The summed E-state index contributed by atoms with van der Waals surface area (Å²) >= 11 is 0. The van der Waals surface area contributed by atoms with Gasteiger partial charge in [0.1, 0.15) is 5.82 Å². The van der Waals surface area contributed by atoms with E-state index in [1.54, 1.807) is 0 Å². The molecule has 0 saturated heterocycles. The first kappa shape index (κ1) is 23.5. The number of nitrogens with zero attached hydrogens (tertiary/aromatic N) is 3. The van der Waals surface area contributed by atoms with Crippen molar-refractivity contribution in [2.24, 2.45) is 0 Å². The van der Waals surface area contributed by atoms with Crippen molar-refractivity contribution in [3.63, 3.8) is 0 Å². The Hall–Kier alpha value is -3.19. The highest BCUT2D eigenvalue weighted by molar-refractivity contribution is 5.95. The molecule has 0 radical (unpaired) electrons. The van der Waals surface area contributed by atoms with Crippen molar-refractivity contribution < 1.29 is 4.79 Å². The minimum atomic E-state index is -0.0720. The fraction of sp³-hybridized carbons (Fsp3) is 0.400. The molecule has 32 heavy (non-hydrogen) atoms. The van der Waals surface area contributed by atoms with E-state index in [-0.39, 0.29) is 5.91 Å². The van der Waals surface area contributed by atoms with Crippen molar-refractivity contribution in [3.8, 4) is 11.1 Å². The molecule has 1 amide bonds. The molecule has 0 atom stereocenters. The Kier molecular flexibility index (Phi) is 8.80. The number of aromatic nitrogens is 2. The second-order valence-corrected chi connectivity index (χ2v) is 8.09. The summed E-state index contributed by atoms with van der Waals surface area (Å²) in [6.45, 7) is 5.16. The first-order valence-electron chi connectivity index (χ1n) is 11.3. The van der Waals surface area contributed by atoms with Crippen molar-refractivity contribution in [1.82, 2.24) is 20.2 Å². The van der Waals surface area contributed by atoms with Gasteiger partial charge in [-0.1, -0.05) is 30.4 Å². The van der Waals surface area contributed by atoms with E-state index in [0.717, 1.165) is 61.4 Å². The molecule has 1 aromatic carbocycles. The molecule has 7 heteroatoms. The largest absolute Gasteiger partial charge is 0.369 e. The molecule has 1 heterocycles. The van der Waals surface area contributed by atoms with E-state index in [9.17, 15) is 4.79 Å². The van der Waals surface area contributed by atoms with E-state index in [2.05, 4.69) is 63.1 Å². The number of allylic oxidation sites excluding steroid dienone is 2. The van der Waals surface area contributed by atoms with Gasteiger partial charge in [0.05, 0.1) is 0 Å². The van der Waals surface area contributed by atoms with Gasteiger partial charge in [-0.3, -0.25) is 4.79 Å². The molecule has 170 valence electrons. The average Bonchev–Trinajstić information content (AvgIpc) is 2.81. The van der Waals surface area contributed by atoms with Crippen LogP contribution < -0.4 is 16.0 Å². The van der Waals surface area contributed by atoms with Crippen LogP contribution in [0.25, 0.3) is 11.1 Å². The van der Waals surface area contributed by atoms with Gasteiger partial charge in [0, 0.05) is 37.0 Å². The van der Waals surface area contributed by atoms with Crippen LogP contribution in [0.2, 0.25) is 0 Å². The Morgan fingerprint density at radius 1 is 1.12 bits per heavy atom. The van der Waals surface area contributed by atoms with E-state index >= 15 is 0 Å². The maximum absolute atomic E-state index is 12.5. The Morgan fingerprint density at radius 3 is 2.62 bits per heavy atom. The van der Waals surface area contributed by atoms with Gasteiger partial charge in [0.15, 0.2) is 0 Å². The number of hydrogen-bond acceptors (Lipinski definition) is 6. The number of hydrogen-bond donors (Lipinski definition) is 3. The smallest absolute Gasteiger partial charge is 0.251 e. The number of benzene rings is 1. The summed E-state index contributed by atoms with van der Waals surface area (Å²) in [7, 11) is 4.14. The predicted octanol–water partition coefficient (Wildman–Crippen LogP) is 3.95. The quantitative estimate of drug-likeness (QED) is 0.465. The fourth-order valence-corrected chi connectivity index (χ4v) is 3.46. The summed E-state index contributed by atoms with van der Waals surface area (Å²) in [6.07, 6.45) is 11.4. The Balaban J connectivity index is 1.69. The van der Waals surface area contributed by atoms with Crippen LogP contribution in [0.5, 0.6) is 0 Å². The third kappa shape index (κ3) is 6.92. The first-order chi connectivity index (χ1) is 15.6. The number of carbonyl (C=O) groups is 1. The molecule has 1 aliphatic rings. The lowest BCUT2D eigenvalue weighted by Gasteiger charge is -2.14. The molecule has 2 aromatic rings. The minimum Gasteiger partial charge on any atom is -0.369 e. The third-order valence-electron chi connectivity index (χ3n) is 5.18. The van der Waals surface area contributed by atoms with E-state index in [1.807, 2.05) is 37.4 Å². The van der Waals surface area contributed by atoms with Crippen molar-refractivity contribution in [2.45, 2.75) is 26.2 Å². The summed E-state index contributed by atoms with van der Waals surface area (Å²) in [6, 6.07) is 7.60. The summed E-state index contributed by atoms with van der Waals surface area (Å²) in [5.74, 6) is 1.33. The van der Waals surface area contributed by atoms with Gasteiger partial charge in [-0.2, -0.15) is 4.98 Å². The molecule has 0 unspecified atom stereocenters. The van der Waals surface area contributed by atoms with Gasteiger partial charge in [-0.05, 0) is 70.1 Å². The highest BCUT2D eigenvalue weighted by Gasteiger charge is 2.11. The number of rotatable bonds is 11. The zero-order valence-corrected chi connectivity index (χ0v) is 19.3. The van der Waals surface area contributed by atoms with Crippen LogP contribution in [0, 0.1) is 0 Å². The average molecular weight is 435 g/mol. The van der Waals surface area contributed by atoms with Crippen LogP contribution in [0.1, 0.15) is 36.5 Å². The maximum atomic E-state index is 12.5. The van der Waals surface area contributed by atoms with Crippen molar-refractivity contribution >= 4 is 17.7 Å². The van der Waals surface area contributed by atoms with E-state index in [4.69, 9.17) is 0 Å². The molecular weight excluding hydrogens is 400 g/mol. The highest BCUT2D eigenvalue weighted by atomic mass is 16.1. The number of amides is 1. The standard InChI is InChI=1S/C25H34N6O/c1-4-26-25-29-18-22(23(30-25)27-15-8-16-31(2)3)20-11-13-21(14-12-20)24(32)28-17-19-9-6-5-7-10-19/h6,9-14,18H,4-5,7-8,15-17H2,1-3H3,(H,28,32)(H2,26,27,29,30). The van der Waals surface area contributed by atoms with Gasteiger partial charge in [-0.25, -0.2) is 4.98 Å². The Morgan fingerprint density at radius 2 is 1.94 bits per heavy atom. The van der Waals surface area contributed by atoms with Crippen LogP contribution in [0.3, 0.4) is 0 Å². The molecule has 1 aliphatic carbocycles. The normalized spacial score (nSPS) is 13.1. The number of carbonyl (C=O) groups excluding carboxylic acids is 1. The van der Waals surface area contributed by atoms with Gasteiger partial charge >= 0.3 is 0 Å². The monoisotopic (exact) mass is 434 g/mol. The minimum absolute atomic E-state index is 0.0720. The molecular formula is C25H34N6O. The number of anilines is 2. The molecule has 3 N–H and O–H groups in total. The zero-order valence-electron chi connectivity index (χ0n) is 19.3. The lowest BCUT2D eigenvalue weighted by atomic mass is 10.0. The maximum Gasteiger partial charge on any atom is 0.251 e. The lowest BCUT2D eigenvalue weighted by Crippen LogP contribution is -2.25. The molecule has 0 spiro atoms. The Labute approximate surface area is 191 Å². The summed E-state index contributed by atoms with van der Waals surface area (Å²) in [4.78, 5) is 23.8. The van der Waals surface area contributed by atoms with Gasteiger partial charge in [0.25, 0.3) is 5.91 Å². The van der Waals surface area contributed by atoms with Crippen LogP contribution in [0.4, 0.5) is 11.8 Å². The molecule has 7 nitrogen and oxygen atoms in total. The Bertz CT molecular complexity index is 949. The summed E-state index contributed by atoms with van der Waals surface area (Å²) < 4.78 is 0. The number of nitrogens with one attached hydrogen (secondary N) is 3. The summed E-state index contributed by atoms with van der Waals surface area (Å²) in [5, 5.41) is 9.61. The van der Waals surface area contributed by atoms with E-state index in [1.165, 1.54) is 0 Å². The van der Waals surface area contributed by atoms with E-state index < -0.39 is 0 Å². The molecule has 0 fully saturated rings. The van der Waals surface area contributed by atoms with Crippen LogP contribution in [-0.4, -0.2) is 61.0 Å². The SMILES string of the molecule is CCNc1ncc(-c2ccc(C(=O)NCC3=CCCC=C3)cc2)c(NCCCN(C)C)n1. The molecule has 0 bridgehead atoms. The van der Waals surface area contributed by atoms with Crippen molar-refractivity contribution in [2.75, 3.05) is 50.9 Å². The lowest BCUT2D eigenvalue weighted by molar-refractivity contribution is 0.0957. The highest BCUT2D eigenvalue weighted by Crippen LogP contribution is 2.27. The van der Waals surface area contributed by atoms with Gasteiger partial charge in [-0.15, -0.1) is 0 Å². The molecule has 0 saturated carbocycles. The second kappa shape index (κ2) is 12.0. The van der Waals surface area contributed by atoms with Crippen LogP contribution in [-0.2, 0) is 0 Å². The molecule has 1 aromatic heterocycles. The second-order valence-electron chi connectivity index (χ2n) is 8.09. The molecule has 3 rings (SSSR count). The van der Waals surface area contributed by atoms with Crippen LogP contribution >= 0.6 is 0 Å². The zero-order chi connectivity index (χ0) is 22.8. The fourth-order valence-electron chi connectivity index (χ4n) is 3.46. The van der Waals surface area contributed by atoms with Crippen molar-refractivity contribution in [1.29, 1.82) is 0 Å². The van der Waals surface area contributed by atoms with Gasteiger partial charge in [0.2, 0.25) is 5.95 Å². The summed E-state index contributed by atoms with van der Waals surface area (Å²) in [5.41, 5.74) is 3.68. The van der Waals surface area contributed by atoms with Gasteiger partial charge < -0.3 is 20.9 Å². The topological polar surface area (TPSA) is 82.2 Å². The first-order valence-corrected chi connectivity index (χ1v) is 11.3. The van der Waals surface area contributed by atoms with Crippen LogP contribution in [0.15, 0.2) is 54.3 Å². The van der Waals surface area contributed by atoms with E-state index in [0.29, 0.717) is 18.1 Å².